The molecule has 2 aliphatic rings. The molecule has 1 fully saturated rings. The fourth-order valence-electron chi connectivity index (χ4n) is 4.46. The van der Waals surface area contributed by atoms with Crippen LogP contribution in [-0.2, 0) is 19.1 Å². The monoisotopic (exact) mass is 490 g/mol. The van der Waals surface area contributed by atoms with Crippen molar-refractivity contribution in [1.82, 2.24) is 18.6 Å². The first-order valence-corrected chi connectivity index (χ1v) is 14.0. The van der Waals surface area contributed by atoms with E-state index < -0.39 is 33.3 Å². The molecule has 186 valence electrons. The normalized spacial score (nSPS) is 28.5. The van der Waals surface area contributed by atoms with E-state index in [0.29, 0.717) is 5.29 Å². The Morgan fingerprint density at radius 3 is 1.59 bits per heavy atom. The van der Waals surface area contributed by atoms with Gasteiger partial charge >= 0.3 is 5.97 Å². The van der Waals surface area contributed by atoms with Crippen molar-refractivity contribution in [3.8, 4) is 0 Å². The minimum atomic E-state index is -2.84. The average molecular weight is 491 g/mol. The highest BCUT2D eigenvalue weighted by molar-refractivity contribution is 7.92. The van der Waals surface area contributed by atoms with Gasteiger partial charge in [0.15, 0.2) is 6.10 Å². The third kappa shape index (κ3) is 4.32. The summed E-state index contributed by atoms with van der Waals surface area (Å²) in [5.41, 5.74) is -1.35. The minimum absolute atomic E-state index is 0.161. The molecule has 0 unspecified atom stereocenters. The maximum absolute atomic E-state index is 13.9. The summed E-state index contributed by atoms with van der Waals surface area (Å²) in [7, 11) is -0.999. The summed E-state index contributed by atoms with van der Waals surface area (Å²) in [5, 5.41) is 4.25. The molecule has 0 radical (unpaired) electrons. The van der Waals surface area contributed by atoms with Gasteiger partial charge in [-0.25, -0.2) is 13.7 Å². The number of nitrogens with one attached hydrogen (secondary N) is 1. The Balaban J connectivity index is 3.10. The maximum Gasteiger partial charge on any atom is 0.341 e. The van der Waals surface area contributed by atoms with Crippen molar-refractivity contribution in [1.29, 1.82) is 0 Å². The predicted molar refractivity (Wildman–Crippen MR) is 134 cm³/mol. The molecule has 0 aromatic carbocycles. The first-order chi connectivity index (χ1) is 14.2. The van der Waals surface area contributed by atoms with Gasteiger partial charge in [0.25, 0.3) is 5.91 Å². The van der Waals surface area contributed by atoms with Gasteiger partial charge in [0.2, 0.25) is 0 Å². The second-order valence-electron chi connectivity index (χ2n) is 12.5. The van der Waals surface area contributed by atoms with E-state index in [1.165, 1.54) is 14.2 Å². The van der Waals surface area contributed by atoms with Crippen LogP contribution in [0.25, 0.3) is 0 Å². The zero-order chi connectivity index (χ0) is 25.2. The lowest BCUT2D eigenvalue weighted by Crippen LogP contribution is -2.65. The molecule has 0 bridgehead atoms. The summed E-state index contributed by atoms with van der Waals surface area (Å²) < 4.78 is 17.7. The number of amides is 1. The minimum Gasteiger partial charge on any atom is -0.465 e. The number of methoxy groups -OCH3 is 2. The van der Waals surface area contributed by atoms with Crippen LogP contribution in [0, 0.1) is 0 Å². The first kappa shape index (κ1) is 27.8. The van der Waals surface area contributed by atoms with Crippen LogP contribution in [0.2, 0.25) is 0 Å². The number of nitrogens with zero attached hydrogens (tertiary/aromatic N) is 3. The van der Waals surface area contributed by atoms with Crippen molar-refractivity contribution in [2.24, 2.45) is 0 Å². The molecule has 2 heterocycles. The standard InChI is InChI=1S/C22H44N4O4P2/c1-19(2,3)23-31-25(21(7,8)9)32(26(31)22(10,11)12)16(18(28)30-14)15(29-13)17(27)24(32)20(4,5)6/h15,23H,1-14H3/t15-,31?,32?/m1/s1. The molecule has 0 aliphatic carbocycles. The van der Waals surface area contributed by atoms with Crippen LogP contribution in [0.4, 0.5) is 0 Å². The fourth-order valence-corrected chi connectivity index (χ4v) is 15.1. The van der Waals surface area contributed by atoms with E-state index in [1.54, 1.807) is 0 Å². The van der Waals surface area contributed by atoms with Crippen LogP contribution in [-0.4, -0.2) is 73.2 Å². The molecule has 8 nitrogen and oxygen atoms in total. The molecule has 2 aliphatic heterocycles. The zero-order valence-electron chi connectivity index (χ0n) is 22.4. The van der Waals surface area contributed by atoms with Crippen molar-refractivity contribution in [2.75, 3.05) is 14.2 Å². The van der Waals surface area contributed by atoms with E-state index in [1.807, 2.05) is 25.4 Å². The molecule has 0 aromatic rings. The quantitative estimate of drug-likeness (QED) is 0.459. The summed E-state index contributed by atoms with van der Waals surface area (Å²) in [6.45, 7) is 25.4. The lowest BCUT2D eigenvalue weighted by atomic mass is 10.1. The van der Waals surface area contributed by atoms with Gasteiger partial charge in [-0.2, -0.15) is 0 Å². The largest absolute Gasteiger partial charge is 0.465 e. The summed E-state index contributed by atoms with van der Waals surface area (Å²) in [4.78, 5) is 27.3. The van der Waals surface area contributed by atoms with Crippen LogP contribution in [0.1, 0.15) is 83.1 Å². The van der Waals surface area contributed by atoms with Crippen molar-refractivity contribution >= 4 is 32.9 Å². The van der Waals surface area contributed by atoms with E-state index in [0.717, 1.165) is 0 Å². The van der Waals surface area contributed by atoms with Gasteiger partial charge in [-0.05, 0) is 83.1 Å². The number of rotatable bonds is 3. The molecular weight excluding hydrogens is 446 g/mol. The Kier molecular flexibility index (Phi) is 7.22. The van der Waals surface area contributed by atoms with Crippen LogP contribution in [0.3, 0.4) is 0 Å². The van der Waals surface area contributed by atoms with Gasteiger partial charge < -0.3 is 9.47 Å². The Bertz CT molecular complexity index is 805. The number of hydrogen-bond donors (Lipinski definition) is 1. The molecule has 0 saturated carbocycles. The maximum atomic E-state index is 13.9. The molecule has 10 heteroatoms. The van der Waals surface area contributed by atoms with Gasteiger partial charge in [0.05, 0.1) is 7.11 Å². The van der Waals surface area contributed by atoms with Crippen molar-refractivity contribution in [2.45, 2.75) is 111 Å². The molecule has 1 saturated heterocycles. The number of esters is 1. The lowest BCUT2D eigenvalue weighted by Gasteiger charge is -2.71. The molecule has 1 amide bonds. The molecule has 32 heavy (non-hydrogen) atoms. The smallest absolute Gasteiger partial charge is 0.341 e. The summed E-state index contributed by atoms with van der Waals surface area (Å²) in [6.07, 6.45) is -0.962. The number of ether oxygens (including phenoxy) is 2. The van der Waals surface area contributed by atoms with Gasteiger partial charge in [0.1, 0.15) is 21.0 Å². The molecule has 1 spiro atoms. The third-order valence-electron chi connectivity index (χ3n) is 5.07. The van der Waals surface area contributed by atoms with E-state index >= 15 is 0 Å². The summed E-state index contributed by atoms with van der Waals surface area (Å²) >= 11 is 0. The Morgan fingerprint density at radius 2 is 1.31 bits per heavy atom. The highest BCUT2D eigenvalue weighted by Gasteiger charge is 2.72. The Labute approximate surface area is 196 Å². The number of hydrogen-bond acceptors (Lipinski definition) is 7. The molecule has 1 N–H and O–H groups in total. The third-order valence-corrected chi connectivity index (χ3v) is 15.0. The molecule has 2 rings (SSSR count). The topological polar surface area (TPSA) is 74.3 Å². The van der Waals surface area contributed by atoms with Gasteiger partial charge in [-0.1, -0.05) is 0 Å². The molecule has 1 atom stereocenters. The Morgan fingerprint density at radius 1 is 0.875 bits per heavy atom. The highest BCUT2D eigenvalue weighted by atomic mass is 31.3. The van der Waals surface area contributed by atoms with Crippen molar-refractivity contribution < 1.29 is 19.1 Å². The van der Waals surface area contributed by atoms with Gasteiger partial charge in [0, 0.05) is 29.3 Å². The average Bonchev–Trinajstić information content (AvgIpc) is 2.79. The van der Waals surface area contributed by atoms with E-state index in [2.05, 4.69) is 76.3 Å². The van der Waals surface area contributed by atoms with E-state index in [-0.39, 0.29) is 22.5 Å². The number of carbonyl (C=O) groups is 2. The van der Waals surface area contributed by atoms with Crippen LogP contribution in [0.5, 0.6) is 0 Å². The zero-order valence-corrected chi connectivity index (χ0v) is 24.2. The van der Waals surface area contributed by atoms with Crippen LogP contribution >= 0.6 is 15.7 Å². The SMILES string of the molecule is COC(=O)C1=P2(N(C(C)(C)C)C(=O)[C@@H]1OC)N(C(C)(C)C)P(NC(C)(C)C)N2C(C)(C)C. The number of carbonyl (C=O) groups excluding carboxylic acids is 2. The summed E-state index contributed by atoms with van der Waals surface area (Å²) in [6, 6.07) is 0. The van der Waals surface area contributed by atoms with Crippen molar-refractivity contribution in [3.05, 3.63) is 0 Å². The highest BCUT2D eigenvalue weighted by Crippen LogP contribution is 2.89. The summed E-state index contributed by atoms with van der Waals surface area (Å²) in [5.74, 6) is -0.651. The van der Waals surface area contributed by atoms with Gasteiger partial charge in [-0.15, -0.1) is 0 Å². The second kappa shape index (κ2) is 8.32. The fraction of sp³-hybridized carbons (Fsp3) is 0.864. The van der Waals surface area contributed by atoms with E-state index in [9.17, 15) is 9.59 Å². The molecular formula is C22H44N4O4P2. The molecule has 0 aromatic heterocycles. The first-order valence-electron chi connectivity index (χ1n) is 11.1. The van der Waals surface area contributed by atoms with Crippen LogP contribution < -0.4 is 5.09 Å². The lowest BCUT2D eigenvalue weighted by molar-refractivity contribution is -0.138. The predicted octanol–water partition coefficient (Wildman–Crippen LogP) is 4.58. The van der Waals surface area contributed by atoms with Gasteiger partial charge in [-0.3, -0.25) is 14.6 Å². The Hall–Kier alpha value is -0.490. The second-order valence-corrected chi connectivity index (χ2v) is 17.5. The van der Waals surface area contributed by atoms with Crippen LogP contribution in [0.15, 0.2) is 0 Å². The van der Waals surface area contributed by atoms with E-state index in [4.69, 9.17) is 9.47 Å². The van der Waals surface area contributed by atoms with Crippen molar-refractivity contribution in [3.63, 3.8) is 0 Å².